The molecule has 0 spiro atoms. The first-order valence-corrected chi connectivity index (χ1v) is 12.7. The summed E-state index contributed by atoms with van der Waals surface area (Å²) in [5.74, 6) is 1.01. The maximum Gasteiger partial charge on any atom is 0.259 e. The number of para-hydroxylation sites is 1. The number of halogens is 1. The maximum absolute atomic E-state index is 14.0. The van der Waals surface area contributed by atoms with Gasteiger partial charge in [-0.1, -0.05) is 35.0 Å². The van der Waals surface area contributed by atoms with Crippen LogP contribution < -0.4 is 15.0 Å². The van der Waals surface area contributed by atoms with Crippen LogP contribution in [0.25, 0.3) is 16.9 Å². The van der Waals surface area contributed by atoms with Gasteiger partial charge >= 0.3 is 0 Å². The van der Waals surface area contributed by atoms with Crippen LogP contribution in [0.5, 0.6) is 5.75 Å². The monoisotopic (exact) mass is 525 g/mol. The summed E-state index contributed by atoms with van der Waals surface area (Å²) in [4.78, 5) is 24.5. The largest absolute Gasteiger partial charge is 0.489 e. The topological polar surface area (TPSA) is 98.1 Å². The molecule has 190 valence electrons. The zero-order valence-corrected chi connectivity index (χ0v) is 21.1. The average Bonchev–Trinajstić information content (AvgIpc) is 3.39. The molecule has 38 heavy (non-hydrogen) atoms. The third-order valence-corrected chi connectivity index (χ3v) is 6.75. The van der Waals surface area contributed by atoms with Crippen LogP contribution in [0, 0.1) is 0 Å². The van der Waals surface area contributed by atoms with Gasteiger partial charge < -0.3 is 10.1 Å². The second-order valence-corrected chi connectivity index (χ2v) is 9.39. The fraction of sp³-hybridized carbons (Fsp3) is 0.179. The number of hydrogen-bond acceptors (Lipinski definition) is 7. The molecular formula is C28H24ClN7O2. The molecule has 10 heteroatoms. The molecule has 1 N–H and O–H groups in total. The van der Waals surface area contributed by atoms with E-state index in [-0.39, 0.29) is 18.1 Å². The number of nitrogens with zero attached hydrogens (tertiary/aromatic N) is 6. The number of ether oxygens (including phenoxy) is 1. The number of piperidine rings is 1. The van der Waals surface area contributed by atoms with Crippen molar-refractivity contribution in [2.24, 2.45) is 0 Å². The van der Waals surface area contributed by atoms with E-state index in [4.69, 9.17) is 16.3 Å². The lowest BCUT2D eigenvalue weighted by molar-refractivity contribution is 0.0949. The molecule has 9 nitrogen and oxygen atoms in total. The zero-order chi connectivity index (χ0) is 25.9. The Kier molecular flexibility index (Phi) is 6.68. The van der Waals surface area contributed by atoms with Crippen LogP contribution in [-0.4, -0.2) is 56.1 Å². The van der Waals surface area contributed by atoms with E-state index in [0.717, 1.165) is 11.4 Å². The number of pyridine rings is 2. The minimum atomic E-state index is -0.222. The van der Waals surface area contributed by atoms with E-state index in [2.05, 4.69) is 25.6 Å². The third-order valence-electron chi connectivity index (χ3n) is 6.45. The molecule has 5 aromatic rings. The number of fused-ring (bicyclic) bond motifs is 1. The second-order valence-electron chi connectivity index (χ2n) is 8.98. The maximum atomic E-state index is 14.0. The normalized spacial score (nSPS) is 17.3. The standard InChI is InChI=1S/C28H24ClN7O2/c29-24-8-4-14-31-26(24)35(21-16-23(18-30-17-21)38-22-6-2-1-3-7-22)28(37)19-10-12-20(13-11-19)36-27-25(33-34-36)9-5-15-32-27/h1-15,21,23,30H,16-18H2/t21-,23-/m1/s1. The first-order valence-electron chi connectivity index (χ1n) is 12.3. The van der Waals surface area contributed by atoms with Gasteiger partial charge in [-0.15, -0.1) is 5.10 Å². The summed E-state index contributed by atoms with van der Waals surface area (Å²) < 4.78 is 7.85. The molecular weight excluding hydrogens is 502 g/mol. The summed E-state index contributed by atoms with van der Waals surface area (Å²) >= 11 is 6.55. The van der Waals surface area contributed by atoms with Gasteiger partial charge in [0.25, 0.3) is 5.91 Å². The van der Waals surface area contributed by atoms with E-state index in [1.807, 2.05) is 54.6 Å². The van der Waals surface area contributed by atoms with Gasteiger partial charge in [0.1, 0.15) is 17.4 Å². The summed E-state index contributed by atoms with van der Waals surface area (Å²) in [6, 6.07) is 23.8. The van der Waals surface area contributed by atoms with Gasteiger partial charge in [0.15, 0.2) is 11.5 Å². The SMILES string of the molecule is O=C(c1ccc(-n2nnc3cccnc32)cc1)N(c1ncccc1Cl)[C@H]1CNC[C@H](Oc2ccccc2)C1. The van der Waals surface area contributed by atoms with Crippen LogP contribution >= 0.6 is 11.6 Å². The van der Waals surface area contributed by atoms with Crippen molar-refractivity contribution in [3.05, 3.63) is 102 Å². The quantitative estimate of drug-likeness (QED) is 0.352. The highest BCUT2D eigenvalue weighted by atomic mass is 35.5. The second kappa shape index (κ2) is 10.6. The number of amides is 1. The van der Waals surface area contributed by atoms with Gasteiger partial charge in [0.2, 0.25) is 0 Å². The molecule has 0 unspecified atom stereocenters. The summed E-state index contributed by atoms with van der Waals surface area (Å²) in [6.07, 6.45) is 3.84. The van der Waals surface area contributed by atoms with E-state index in [1.54, 1.807) is 46.2 Å². The Labute approximate surface area is 224 Å². The van der Waals surface area contributed by atoms with Crippen molar-refractivity contribution in [3.63, 3.8) is 0 Å². The third kappa shape index (κ3) is 4.81. The Hall–Kier alpha value is -4.34. The molecule has 0 radical (unpaired) electrons. The highest BCUT2D eigenvalue weighted by Gasteiger charge is 2.34. The van der Waals surface area contributed by atoms with Crippen LogP contribution in [0.1, 0.15) is 16.8 Å². The number of nitrogens with one attached hydrogen (secondary N) is 1. The van der Waals surface area contributed by atoms with Crippen molar-refractivity contribution in [2.75, 3.05) is 18.0 Å². The van der Waals surface area contributed by atoms with Gasteiger partial charge in [-0.25, -0.2) is 9.97 Å². The smallest absolute Gasteiger partial charge is 0.259 e. The summed E-state index contributed by atoms with van der Waals surface area (Å²) in [6.45, 7) is 1.26. The van der Waals surface area contributed by atoms with Crippen molar-refractivity contribution in [1.82, 2.24) is 30.3 Å². The van der Waals surface area contributed by atoms with Gasteiger partial charge in [0, 0.05) is 37.5 Å². The molecule has 6 rings (SSSR count). The molecule has 1 saturated heterocycles. The highest BCUT2D eigenvalue weighted by Crippen LogP contribution is 2.29. The van der Waals surface area contributed by atoms with Gasteiger partial charge in [-0.3, -0.25) is 9.69 Å². The summed E-state index contributed by atoms with van der Waals surface area (Å²) in [7, 11) is 0. The highest BCUT2D eigenvalue weighted by molar-refractivity contribution is 6.33. The number of aromatic nitrogens is 5. The molecule has 1 aliphatic rings. The predicted molar refractivity (Wildman–Crippen MR) is 145 cm³/mol. The Morgan fingerprint density at radius 2 is 1.74 bits per heavy atom. The molecule has 2 aromatic carbocycles. The molecule has 1 fully saturated rings. The van der Waals surface area contributed by atoms with Crippen LogP contribution in [0.3, 0.4) is 0 Å². The fourth-order valence-electron chi connectivity index (χ4n) is 4.67. The van der Waals surface area contributed by atoms with Gasteiger partial charge in [-0.2, -0.15) is 4.68 Å². The Bertz CT molecular complexity index is 1560. The average molecular weight is 526 g/mol. The molecule has 3 aromatic heterocycles. The van der Waals surface area contributed by atoms with E-state index in [0.29, 0.717) is 47.1 Å². The first kappa shape index (κ1) is 24.0. The number of carbonyl (C=O) groups excluding carboxylic acids is 1. The lowest BCUT2D eigenvalue weighted by Crippen LogP contribution is -2.54. The van der Waals surface area contributed by atoms with E-state index < -0.39 is 0 Å². The van der Waals surface area contributed by atoms with Gasteiger partial charge in [-0.05, 0) is 60.7 Å². The lowest BCUT2D eigenvalue weighted by atomic mass is 10.0. The summed E-state index contributed by atoms with van der Waals surface area (Å²) in [5, 5.41) is 12.2. The number of anilines is 1. The van der Waals surface area contributed by atoms with Crippen LogP contribution in [-0.2, 0) is 0 Å². The Morgan fingerprint density at radius 1 is 0.947 bits per heavy atom. The number of benzene rings is 2. The summed E-state index contributed by atoms with van der Waals surface area (Å²) in [5.41, 5.74) is 2.59. The molecule has 4 heterocycles. The number of hydrogen-bond donors (Lipinski definition) is 1. The van der Waals surface area contributed by atoms with E-state index in [1.165, 1.54) is 0 Å². The van der Waals surface area contributed by atoms with Gasteiger partial charge in [0.05, 0.1) is 16.8 Å². The minimum Gasteiger partial charge on any atom is -0.489 e. The first-order chi connectivity index (χ1) is 18.7. The van der Waals surface area contributed by atoms with Crippen molar-refractivity contribution in [1.29, 1.82) is 0 Å². The van der Waals surface area contributed by atoms with Crippen LogP contribution in [0.2, 0.25) is 5.02 Å². The fourth-order valence-corrected chi connectivity index (χ4v) is 4.88. The van der Waals surface area contributed by atoms with E-state index in [9.17, 15) is 4.79 Å². The molecule has 0 bridgehead atoms. The van der Waals surface area contributed by atoms with Crippen molar-refractivity contribution < 1.29 is 9.53 Å². The van der Waals surface area contributed by atoms with Crippen LogP contribution in [0.15, 0.2) is 91.3 Å². The van der Waals surface area contributed by atoms with Crippen molar-refractivity contribution in [3.8, 4) is 11.4 Å². The predicted octanol–water partition coefficient (Wildman–Crippen LogP) is 4.32. The number of rotatable bonds is 6. The molecule has 0 saturated carbocycles. The molecule has 1 aliphatic heterocycles. The molecule has 0 aliphatic carbocycles. The Morgan fingerprint density at radius 3 is 2.55 bits per heavy atom. The lowest BCUT2D eigenvalue weighted by Gasteiger charge is -2.37. The van der Waals surface area contributed by atoms with Crippen molar-refractivity contribution >= 4 is 34.5 Å². The van der Waals surface area contributed by atoms with E-state index >= 15 is 0 Å². The van der Waals surface area contributed by atoms with Crippen molar-refractivity contribution in [2.45, 2.75) is 18.6 Å². The molecule has 2 atom stereocenters. The minimum absolute atomic E-state index is 0.121. The zero-order valence-electron chi connectivity index (χ0n) is 20.3. The number of carbonyl (C=O) groups is 1. The van der Waals surface area contributed by atoms with Crippen LogP contribution in [0.4, 0.5) is 5.82 Å². The Balaban J connectivity index is 1.29. The molecule has 1 amide bonds.